The minimum Gasteiger partial charge on any atom is -0.365 e. The Morgan fingerprint density at radius 1 is 0.818 bits per heavy atom. The van der Waals surface area contributed by atoms with Crippen molar-refractivity contribution in [2.24, 2.45) is 0 Å². The van der Waals surface area contributed by atoms with Crippen LogP contribution in [0.3, 0.4) is 0 Å². The van der Waals surface area contributed by atoms with Crippen LogP contribution >= 0.6 is 11.6 Å². The second kappa shape index (κ2) is 10.1. The molecule has 1 aliphatic rings. The first kappa shape index (κ1) is 22.8. The lowest BCUT2D eigenvalue weighted by Gasteiger charge is -2.21. The quantitative estimate of drug-likeness (QED) is 0.383. The van der Waals surface area contributed by atoms with Crippen LogP contribution in [0, 0.1) is 0 Å². The summed E-state index contributed by atoms with van der Waals surface area (Å²) in [6, 6.07) is 24.7. The predicted molar refractivity (Wildman–Crippen MR) is 134 cm³/mol. The lowest BCUT2D eigenvalue weighted by atomic mass is 10.0. The zero-order chi connectivity index (χ0) is 23.4. The average molecular weight is 459 g/mol. The SMILES string of the molecule is CCCCc1ccc(N2C(=O)C(c3ccc(Cl)cc3)=C(N(C)Cc3ccccc3)C2=O)cc1. The number of amides is 2. The number of unbranched alkanes of at least 4 members (excludes halogenated alkanes) is 1. The summed E-state index contributed by atoms with van der Waals surface area (Å²) in [7, 11) is 1.85. The topological polar surface area (TPSA) is 40.6 Å². The van der Waals surface area contributed by atoms with Gasteiger partial charge in [0.1, 0.15) is 5.70 Å². The molecule has 0 bridgehead atoms. The average Bonchev–Trinajstić information content (AvgIpc) is 3.09. The van der Waals surface area contributed by atoms with Crippen LogP contribution < -0.4 is 4.90 Å². The zero-order valence-electron chi connectivity index (χ0n) is 18.9. The third kappa shape index (κ3) is 4.86. The van der Waals surface area contributed by atoms with Crippen LogP contribution in [0.15, 0.2) is 84.6 Å². The molecule has 1 aliphatic heterocycles. The van der Waals surface area contributed by atoms with E-state index >= 15 is 0 Å². The maximum Gasteiger partial charge on any atom is 0.282 e. The third-order valence-corrected chi connectivity index (χ3v) is 6.10. The molecule has 4 nitrogen and oxygen atoms in total. The van der Waals surface area contributed by atoms with Gasteiger partial charge >= 0.3 is 0 Å². The van der Waals surface area contributed by atoms with E-state index in [0.717, 1.165) is 24.8 Å². The number of hydrogen-bond acceptors (Lipinski definition) is 3. The molecule has 3 aromatic carbocycles. The van der Waals surface area contributed by atoms with E-state index in [1.165, 1.54) is 10.5 Å². The van der Waals surface area contributed by atoms with Gasteiger partial charge in [0.05, 0.1) is 11.3 Å². The molecule has 0 aromatic heterocycles. The van der Waals surface area contributed by atoms with Crippen molar-refractivity contribution in [1.82, 2.24) is 4.90 Å². The summed E-state index contributed by atoms with van der Waals surface area (Å²) in [5.74, 6) is -0.636. The van der Waals surface area contributed by atoms with Gasteiger partial charge in [-0.2, -0.15) is 0 Å². The number of hydrogen-bond donors (Lipinski definition) is 0. The largest absolute Gasteiger partial charge is 0.365 e. The molecule has 4 rings (SSSR count). The molecule has 0 N–H and O–H groups in total. The molecule has 0 fully saturated rings. The molecule has 168 valence electrons. The first-order chi connectivity index (χ1) is 16.0. The third-order valence-electron chi connectivity index (χ3n) is 5.85. The van der Waals surface area contributed by atoms with Gasteiger partial charge in [0.25, 0.3) is 11.8 Å². The lowest BCUT2D eigenvalue weighted by molar-refractivity contribution is -0.120. The van der Waals surface area contributed by atoms with Crippen molar-refractivity contribution < 1.29 is 9.59 Å². The van der Waals surface area contributed by atoms with Gasteiger partial charge in [-0.25, -0.2) is 4.90 Å². The first-order valence-electron chi connectivity index (χ1n) is 11.2. The molecule has 33 heavy (non-hydrogen) atoms. The molecule has 0 atom stereocenters. The summed E-state index contributed by atoms with van der Waals surface area (Å²) in [5.41, 5.74) is 4.30. The fourth-order valence-electron chi connectivity index (χ4n) is 4.11. The second-order valence-corrected chi connectivity index (χ2v) is 8.72. The van der Waals surface area contributed by atoms with Crippen LogP contribution in [0.25, 0.3) is 5.57 Å². The minimum atomic E-state index is -0.321. The summed E-state index contributed by atoms with van der Waals surface area (Å²) < 4.78 is 0. The van der Waals surface area contributed by atoms with Crippen molar-refractivity contribution in [3.05, 3.63) is 106 Å². The van der Waals surface area contributed by atoms with Gasteiger partial charge in [-0.15, -0.1) is 0 Å². The van der Waals surface area contributed by atoms with E-state index in [0.29, 0.717) is 34.1 Å². The van der Waals surface area contributed by atoms with E-state index in [1.54, 1.807) is 24.3 Å². The Kier molecular flexibility index (Phi) is 6.95. The number of carbonyl (C=O) groups is 2. The van der Waals surface area contributed by atoms with Crippen LogP contribution in [-0.2, 0) is 22.6 Å². The van der Waals surface area contributed by atoms with Crippen LogP contribution in [-0.4, -0.2) is 23.8 Å². The Morgan fingerprint density at radius 2 is 1.48 bits per heavy atom. The Labute approximate surface area is 200 Å². The van der Waals surface area contributed by atoms with E-state index in [4.69, 9.17) is 11.6 Å². The van der Waals surface area contributed by atoms with E-state index in [9.17, 15) is 9.59 Å². The number of likely N-dealkylation sites (N-methyl/N-ethyl adjacent to an activating group) is 1. The maximum atomic E-state index is 13.6. The Bertz CT molecular complexity index is 1170. The lowest BCUT2D eigenvalue weighted by Crippen LogP contribution is -2.34. The van der Waals surface area contributed by atoms with Crippen LogP contribution in [0.1, 0.15) is 36.5 Å². The summed E-state index contributed by atoms with van der Waals surface area (Å²) in [5, 5.41) is 0.579. The highest BCUT2D eigenvalue weighted by Crippen LogP contribution is 2.35. The zero-order valence-corrected chi connectivity index (χ0v) is 19.7. The fraction of sp³-hybridized carbons (Fsp3) is 0.214. The van der Waals surface area contributed by atoms with Crippen LogP contribution in [0.4, 0.5) is 5.69 Å². The number of imide groups is 1. The van der Waals surface area contributed by atoms with E-state index in [2.05, 4.69) is 6.92 Å². The van der Waals surface area contributed by atoms with Crippen molar-refractivity contribution in [1.29, 1.82) is 0 Å². The maximum absolute atomic E-state index is 13.6. The van der Waals surface area contributed by atoms with E-state index in [-0.39, 0.29) is 11.8 Å². The minimum absolute atomic E-state index is 0.315. The normalized spacial score (nSPS) is 13.7. The van der Waals surface area contributed by atoms with Gasteiger partial charge < -0.3 is 4.90 Å². The molecule has 2 amide bonds. The summed E-state index contributed by atoms with van der Waals surface area (Å²) in [6.45, 7) is 2.67. The van der Waals surface area contributed by atoms with Crippen molar-refractivity contribution >= 4 is 34.7 Å². The molecule has 0 spiro atoms. The highest BCUT2D eigenvalue weighted by molar-refractivity contribution is 6.45. The van der Waals surface area contributed by atoms with Gasteiger partial charge in [0, 0.05) is 18.6 Å². The first-order valence-corrected chi connectivity index (χ1v) is 11.6. The number of aryl methyl sites for hydroxylation is 1. The molecule has 1 heterocycles. The second-order valence-electron chi connectivity index (χ2n) is 8.29. The summed E-state index contributed by atoms with van der Waals surface area (Å²) in [4.78, 5) is 30.4. The van der Waals surface area contributed by atoms with E-state index in [1.807, 2.05) is 66.5 Å². The monoisotopic (exact) mass is 458 g/mol. The Morgan fingerprint density at radius 3 is 2.12 bits per heavy atom. The molecule has 0 unspecified atom stereocenters. The standard InChI is InChI=1S/C28H27ClN2O2/c1-3-4-8-20-11-17-24(18-12-20)31-27(32)25(22-13-15-23(29)16-14-22)26(28(31)33)30(2)19-21-9-6-5-7-10-21/h5-7,9-18H,3-4,8,19H2,1-2H3. The molecule has 3 aromatic rings. The molecule has 5 heteroatoms. The molecule has 0 aliphatic carbocycles. The fourth-order valence-corrected chi connectivity index (χ4v) is 4.24. The van der Waals surface area contributed by atoms with Crippen LogP contribution in [0.5, 0.6) is 0 Å². The molecule has 0 saturated heterocycles. The molecular formula is C28H27ClN2O2. The van der Waals surface area contributed by atoms with Gasteiger partial charge in [0.15, 0.2) is 0 Å². The Hall–Kier alpha value is -3.37. The van der Waals surface area contributed by atoms with Gasteiger partial charge in [0.2, 0.25) is 0 Å². The summed E-state index contributed by atoms with van der Waals surface area (Å²) >= 11 is 6.08. The van der Waals surface area contributed by atoms with Gasteiger partial charge in [-0.05, 0) is 53.8 Å². The predicted octanol–water partition coefficient (Wildman–Crippen LogP) is 6.10. The van der Waals surface area contributed by atoms with Crippen molar-refractivity contribution in [2.45, 2.75) is 32.7 Å². The van der Waals surface area contributed by atoms with Crippen molar-refractivity contribution in [2.75, 3.05) is 11.9 Å². The molecule has 0 saturated carbocycles. The molecule has 0 radical (unpaired) electrons. The highest BCUT2D eigenvalue weighted by atomic mass is 35.5. The van der Waals surface area contributed by atoms with Crippen LogP contribution in [0.2, 0.25) is 5.02 Å². The van der Waals surface area contributed by atoms with Gasteiger partial charge in [-0.1, -0.05) is 79.5 Å². The molecular weight excluding hydrogens is 432 g/mol. The smallest absolute Gasteiger partial charge is 0.282 e. The number of halogens is 1. The van der Waals surface area contributed by atoms with Gasteiger partial charge in [-0.3, -0.25) is 9.59 Å². The number of benzene rings is 3. The van der Waals surface area contributed by atoms with Crippen molar-refractivity contribution in [3.63, 3.8) is 0 Å². The number of rotatable bonds is 8. The number of nitrogens with zero attached hydrogens (tertiary/aromatic N) is 2. The van der Waals surface area contributed by atoms with E-state index < -0.39 is 0 Å². The summed E-state index contributed by atoms with van der Waals surface area (Å²) in [6.07, 6.45) is 3.21. The highest BCUT2D eigenvalue weighted by Gasteiger charge is 2.41. The number of carbonyl (C=O) groups excluding carboxylic acids is 2. The van der Waals surface area contributed by atoms with Crippen molar-refractivity contribution in [3.8, 4) is 0 Å². The number of anilines is 1. The Balaban J connectivity index is 1.71.